The van der Waals surface area contributed by atoms with Gasteiger partial charge in [0, 0.05) is 12.1 Å². The van der Waals surface area contributed by atoms with Crippen molar-refractivity contribution in [3.8, 4) is 0 Å². The van der Waals surface area contributed by atoms with Crippen LogP contribution in [0.5, 0.6) is 0 Å². The Morgan fingerprint density at radius 1 is 1.53 bits per heavy atom. The number of aryl methyl sites for hydroxylation is 2. The van der Waals surface area contributed by atoms with Gasteiger partial charge in [-0.1, -0.05) is 6.92 Å². The van der Waals surface area contributed by atoms with Crippen LogP contribution in [-0.4, -0.2) is 23.2 Å². The van der Waals surface area contributed by atoms with Crippen LogP contribution < -0.4 is 5.32 Å². The maximum atomic E-state index is 12.0. The summed E-state index contributed by atoms with van der Waals surface area (Å²) in [6.07, 6.45) is 1.30. The van der Waals surface area contributed by atoms with E-state index in [4.69, 9.17) is 9.52 Å². The third-order valence-electron chi connectivity index (χ3n) is 3.25. The normalized spacial score (nSPS) is 14.4. The second-order valence-electron chi connectivity index (χ2n) is 4.69. The number of nitrogens with one attached hydrogen (secondary N) is 1. The largest absolute Gasteiger partial charge is 0.456 e. The molecule has 4 heteroatoms. The van der Waals surface area contributed by atoms with Gasteiger partial charge in [0.15, 0.2) is 5.76 Å². The molecule has 17 heavy (non-hydrogen) atoms. The fourth-order valence-electron chi connectivity index (χ4n) is 1.60. The highest BCUT2D eigenvalue weighted by Crippen LogP contribution is 2.17. The molecule has 0 saturated carbocycles. The Morgan fingerprint density at radius 2 is 2.18 bits per heavy atom. The van der Waals surface area contributed by atoms with Crippen molar-refractivity contribution >= 4 is 5.91 Å². The second-order valence-corrected chi connectivity index (χ2v) is 4.69. The molecule has 0 bridgehead atoms. The number of hydrogen-bond donors (Lipinski definition) is 2. The molecule has 0 aliphatic rings. The third-order valence-corrected chi connectivity index (χ3v) is 3.25. The highest BCUT2D eigenvalue weighted by Gasteiger charge is 2.25. The lowest BCUT2D eigenvalue weighted by atomic mass is 9.95. The number of furan rings is 1. The Labute approximate surface area is 102 Å². The molecule has 4 nitrogen and oxygen atoms in total. The maximum Gasteiger partial charge on any atom is 0.287 e. The van der Waals surface area contributed by atoms with E-state index in [1.54, 1.807) is 6.07 Å². The summed E-state index contributed by atoms with van der Waals surface area (Å²) < 4.78 is 5.37. The number of aliphatic hydroxyl groups is 1. The van der Waals surface area contributed by atoms with Gasteiger partial charge in [-0.15, -0.1) is 0 Å². The van der Waals surface area contributed by atoms with Crippen molar-refractivity contribution in [3.05, 3.63) is 23.2 Å². The molecule has 96 valence electrons. The van der Waals surface area contributed by atoms with Crippen LogP contribution in [0.2, 0.25) is 0 Å². The molecule has 0 radical (unpaired) electrons. The summed E-state index contributed by atoms with van der Waals surface area (Å²) in [6, 6.07) is 1.74. The van der Waals surface area contributed by atoms with Crippen molar-refractivity contribution in [2.45, 2.75) is 46.1 Å². The molecule has 0 aromatic carbocycles. The highest BCUT2D eigenvalue weighted by atomic mass is 16.3. The van der Waals surface area contributed by atoms with Gasteiger partial charge in [0.2, 0.25) is 0 Å². The quantitative estimate of drug-likeness (QED) is 0.827. The number of carbonyl (C=O) groups is 1. The van der Waals surface area contributed by atoms with Gasteiger partial charge in [0.05, 0.1) is 0 Å². The van der Waals surface area contributed by atoms with Crippen LogP contribution in [0.4, 0.5) is 0 Å². The molecule has 0 aliphatic carbocycles. The van der Waals surface area contributed by atoms with Crippen molar-refractivity contribution in [1.82, 2.24) is 5.32 Å². The topological polar surface area (TPSA) is 62.5 Å². The zero-order chi connectivity index (χ0) is 13.1. The number of hydrogen-bond acceptors (Lipinski definition) is 3. The van der Waals surface area contributed by atoms with Gasteiger partial charge in [0.25, 0.3) is 5.91 Å². The highest BCUT2D eigenvalue weighted by molar-refractivity contribution is 5.92. The number of aliphatic hydroxyl groups excluding tert-OH is 1. The van der Waals surface area contributed by atoms with E-state index >= 15 is 0 Å². The summed E-state index contributed by atoms with van der Waals surface area (Å²) in [5, 5.41) is 11.9. The van der Waals surface area contributed by atoms with E-state index in [1.807, 2.05) is 27.7 Å². The lowest BCUT2D eigenvalue weighted by molar-refractivity contribution is 0.0856. The minimum atomic E-state index is -0.388. The lowest BCUT2D eigenvalue weighted by Crippen LogP contribution is -2.46. The molecule has 1 rings (SSSR count). The lowest BCUT2D eigenvalue weighted by Gasteiger charge is -2.28. The second kappa shape index (κ2) is 5.36. The van der Waals surface area contributed by atoms with Gasteiger partial charge >= 0.3 is 0 Å². The molecule has 0 spiro atoms. The third kappa shape index (κ3) is 3.33. The van der Waals surface area contributed by atoms with Crippen molar-refractivity contribution in [2.24, 2.45) is 0 Å². The van der Waals surface area contributed by atoms with Gasteiger partial charge in [-0.05, 0) is 45.2 Å². The van der Waals surface area contributed by atoms with Gasteiger partial charge < -0.3 is 14.8 Å². The van der Waals surface area contributed by atoms with E-state index in [9.17, 15) is 4.79 Å². The minimum Gasteiger partial charge on any atom is -0.456 e. The van der Waals surface area contributed by atoms with Crippen LogP contribution in [0.1, 0.15) is 48.6 Å². The Balaban J connectivity index is 2.77. The van der Waals surface area contributed by atoms with E-state index in [0.29, 0.717) is 12.2 Å². The smallest absolute Gasteiger partial charge is 0.287 e. The molecule has 1 aromatic heterocycles. The maximum absolute atomic E-state index is 12.0. The van der Waals surface area contributed by atoms with Crippen molar-refractivity contribution in [3.63, 3.8) is 0 Å². The van der Waals surface area contributed by atoms with Crippen LogP contribution in [0.3, 0.4) is 0 Å². The molecule has 1 heterocycles. The zero-order valence-corrected chi connectivity index (χ0v) is 11.0. The number of rotatable bonds is 5. The Hall–Kier alpha value is -1.29. The predicted octanol–water partition coefficient (Wildman–Crippen LogP) is 2.18. The Morgan fingerprint density at radius 3 is 2.59 bits per heavy atom. The van der Waals surface area contributed by atoms with Crippen LogP contribution in [-0.2, 0) is 0 Å². The van der Waals surface area contributed by atoms with Crippen molar-refractivity contribution in [2.75, 3.05) is 6.61 Å². The van der Waals surface area contributed by atoms with Gasteiger partial charge in [0.1, 0.15) is 5.76 Å². The molecule has 1 unspecified atom stereocenters. The first kappa shape index (κ1) is 13.8. The first-order chi connectivity index (χ1) is 7.91. The minimum absolute atomic E-state index is 0.0564. The van der Waals surface area contributed by atoms with Crippen molar-refractivity contribution in [1.29, 1.82) is 0 Å². The van der Waals surface area contributed by atoms with E-state index in [2.05, 4.69) is 5.32 Å². The van der Waals surface area contributed by atoms with Crippen LogP contribution in [0, 0.1) is 13.8 Å². The number of amides is 1. The molecule has 0 saturated heterocycles. The molecular weight excluding hydrogens is 218 g/mol. The van der Waals surface area contributed by atoms with Crippen LogP contribution >= 0.6 is 0 Å². The number of carbonyl (C=O) groups excluding carboxylic acids is 1. The average molecular weight is 239 g/mol. The Kier molecular flexibility index (Phi) is 4.34. The van der Waals surface area contributed by atoms with E-state index in [-0.39, 0.29) is 18.1 Å². The molecular formula is C13H21NO3. The standard InChI is InChI=1S/C13H21NO3/c1-5-13(4,6-7-15)14-12(16)11-8-9(2)10(3)17-11/h8,15H,5-7H2,1-4H3,(H,14,16). The fraction of sp³-hybridized carbons (Fsp3) is 0.615. The van der Waals surface area contributed by atoms with Gasteiger partial charge in [-0.2, -0.15) is 0 Å². The van der Waals surface area contributed by atoms with Crippen LogP contribution in [0.25, 0.3) is 0 Å². The summed E-state index contributed by atoms with van der Waals surface area (Å²) >= 11 is 0. The van der Waals surface area contributed by atoms with E-state index in [0.717, 1.165) is 17.7 Å². The molecule has 1 aromatic rings. The average Bonchev–Trinajstić information content (AvgIpc) is 2.60. The molecule has 1 atom stereocenters. The molecule has 1 amide bonds. The first-order valence-electron chi connectivity index (χ1n) is 5.92. The van der Waals surface area contributed by atoms with Crippen molar-refractivity contribution < 1.29 is 14.3 Å². The summed E-state index contributed by atoms with van der Waals surface area (Å²) in [6.45, 7) is 7.69. The molecule has 2 N–H and O–H groups in total. The Bertz CT molecular complexity index is 378. The SMILES string of the molecule is CCC(C)(CCO)NC(=O)c1cc(C)c(C)o1. The summed E-state index contributed by atoms with van der Waals surface area (Å²) in [5.41, 5.74) is 0.580. The zero-order valence-electron chi connectivity index (χ0n) is 11.0. The predicted molar refractivity (Wildman–Crippen MR) is 66.0 cm³/mol. The van der Waals surface area contributed by atoms with Gasteiger partial charge in [-0.3, -0.25) is 4.79 Å². The van der Waals surface area contributed by atoms with E-state index in [1.165, 1.54) is 0 Å². The summed E-state index contributed by atoms with van der Waals surface area (Å²) in [4.78, 5) is 12.0. The van der Waals surface area contributed by atoms with Crippen LogP contribution in [0.15, 0.2) is 10.5 Å². The van der Waals surface area contributed by atoms with Gasteiger partial charge in [-0.25, -0.2) is 0 Å². The summed E-state index contributed by atoms with van der Waals surface area (Å²) in [5.74, 6) is 0.868. The fourth-order valence-corrected chi connectivity index (χ4v) is 1.60. The first-order valence-corrected chi connectivity index (χ1v) is 5.92. The summed E-state index contributed by atoms with van der Waals surface area (Å²) in [7, 11) is 0. The molecule has 0 aliphatic heterocycles. The monoisotopic (exact) mass is 239 g/mol. The van der Waals surface area contributed by atoms with E-state index < -0.39 is 0 Å². The molecule has 0 fully saturated rings.